The molecule has 1 N–H and O–H groups in total. The molecule has 5 nitrogen and oxygen atoms in total. The van der Waals surface area contributed by atoms with Gasteiger partial charge in [-0.05, 0) is 32.1 Å². The minimum absolute atomic E-state index is 0.138. The molecule has 25 heavy (non-hydrogen) atoms. The molecule has 0 aliphatic carbocycles. The van der Waals surface area contributed by atoms with Gasteiger partial charge in [-0.15, -0.1) is 0 Å². The molecule has 0 aliphatic heterocycles. The van der Waals surface area contributed by atoms with Crippen LogP contribution in [0.5, 0.6) is 0 Å². The molecule has 0 saturated carbocycles. The minimum Gasteiger partial charge on any atom is -0.469 e. The summed E-state index contributed by atoms with van der Waals surface area (Å²) in [6.07, 6.45) is 13.0. The summed E-state index contributed by atoms with van der Waals surface area (Å²) in [5, 5.41) is 10.1. The Morgan fingerprint density at radius 3 is 2.32 bits per heavy atom. The van der Waals surface area contributed by atoms with E-state index in [1.165, 1.54) is 14.2 Å². The van der Waals surface area contributed by atoms with Gasteiger partial charge in [0.2, 0.25) is 0 Å². The van der Waals surface area contributed by atoms with E-state index in [-0.39, 0.29) is 17.9 Å². The summed E-state index contributed by atoms with van der Waals surface area (Å²) < 4.78 is 9.42. The van der Waals surface area contributed by atoms with Crippen LogP contribution in [0.2, 0.25) is 0 Å². The van der Waals surface area contributed by atoms with E-state index in [1.807, 2.05) is 6.08 Å². The fourth-order valence-electron chi connectivity index (χ4n) is 2.74. The average molecular weight is 357 g/mol. The number of aliphatic hydroxyl groups is 1. The number of methoxy groups -OCH3 is 2. The molecule has 0 spiro atoms. The molecular formula is C20H36O5. The number of hydrogen-bond donors (Lipinski definition) is 1. The van der Waals surface area contributed by atoms with Crippen LogP contribution in [0.1, 0.15) is 77.6 Å². The number of allylic oxidation sites excluding steroid dienone is 1. The molecule has 0 amide bonds. The predicted molar refractivity (Wildman–Crippen MR) is 99.1 cm³/mol. The first-order valence-electron chi connectivity index (χ1n) is 9.54. The normalized spacial score (nSPS) is 13.6. The average Bonchev–Trinajstić information content (AvgIpc) is 2.62. The molecule has 0 radical (unpaired) electrons. The highest BCUT2D eigenvalue weighted by Crippen LogP contribution is 2.17. The number of rotatable bonds is 15. The highest BCUT2D eigenvalue weighted by molar-refractivity contribution is 5.72. The Morgan fingerprint density at radius 2 is 1.68 bits per heavy atom. The molecule has 0 aromatic carbocycles. The maximum Gasteiger partial charge on any atom is 0.308 e. The van der Waals surface area contributed by atoms with Gasteiger partial charge in [0.05, 0.1) is 26.2 Å². The fraction of sp³-hybridized carbons (Fsp3) is 0.800. The summed E-state index contributed by atoms with van der Waals surface area (Å²) in [4.78, 5) is 22.7. The fourth-order valence-corrected chi connectivity index (χ4v) is 2.74. The lowest BCUT2D eigenvalue weighted by Crippen LogP contribution is -2.21. The smallest absolute Gasteiger partial charge is 0.308 e. The molecule has 0 aromatic heterocycles. The van der Waals surface area contributed by atoms with E-state index in [0.29, 0.717) is 12.8 Å². The summed E-state index contributed by atoms with van der Waals surface area (Å²) >= 11 is 0. The molecule has 0 bridgehead atoms. The SMILES string of the molecule is CCCCC(CC(O)C=CCCCCCCCC(=O)OC)C(=O)OC. The van der Waals surface area contributed by atoms with Gasteiger partial charge >= 0.3 is 11.9 Å². The van der Waals surface area contributed by atoms with Gasteiger partial charge in [-0.2, -0.15) is 0 Å². The second-order valence-corrected chi connectivity index (χ2v) is 6.48. The summed E-state index contributed by atoms with van der Waals surface area (Å²) in [6, 6.07) is 0. The molecule has 0 rings (SSSR count). The monoisotopic (exact) mass is 356 g/mol. The zero-order chi connectivity index (χ0) is 18.9. The Morgan fingerprint density at radius 1 is 1.00 bits per heavy atom. The molecule has 5 heteroatoms. The first-order valence-corrected chi connectivity index (χ1v) is 9.54. The van der Waals surface area contributed by atoms with Crippen molar-refractivity contribution >= 4 is 11.9 Å². The molecule has 2 unspecified atom stereocenters. The van der Waals surface area contributed by atoms with Gasteiger partial charge in [0, 0.05) is 6.42 Å². The maximum absolute atomic E-state index is 11.7. The van der Waals surface area contributed by atoms with Crippen LogP contribution in [0.15, 0.2) is 12.2 Å². The highest BCUT2D eigenvalue weighted by atomic mass is 16.5. The Balaban J connectivity index is 3.81. The molecule has 0 saturated heterocycles. The number of unbranched alkanes of at least 4 members (excludes halogenated alkanes) is 6. The first kappa shape index (κ1) is 23.6. The van der Waals surface area contributed by atoms with Crippen molar-refractivity contribution in [3.63, 3.8) is 0 Å². The molecule has 146 valence electrons. The number of carbonyl (C=O) groups excluding carboxylic acids is 2. The lowest BCUT2D eigenvalue weighted by molar-refractivity contribution is -0.146. The standard InChI is InChI=1S/C20H36O5/c1-4-5-13-17(20(23)25-3)16-18(21)14-11-9-7-6-8-10-12-15-19(22)24-2/h11,14,17-18,21H,4-10,12-13,15-16H2,1-3H3. The molecule has 0 fully saturated rings. The van der Waals surface area contributed by atoms with E-state index < -0.39 is 6.10 Å². The van der Waals surface area contributed by atoms with E-state index in [9.17, 15) is 14.7 Å². The second-order valence-electron chi connectivity index (χ2n) is 6.48. The van der Waals surface area contributed by atoms with Gasteiger partial charge in [-0.1, -0.05) is 51.2 Å². The molecule has 0 aliphatic rings. The predicted octanol–water partition coefficient (Wildman–Crippen LogP) is 4.18. The Labute approximate surface area is 152 Å². The number of ether oxygens (including phenoxy) is 2. The summed E-state index contributed by atoms with van der Waals surface area (Å²) in [5.41, 5.74) is 0. The van der Waals surface area contributed by atoms with E-state index in [4.69, 9.17) is 4.74 Å². The van der Waals surface area contributed by atoms with Crippen molar-refractivity contribution in [2.45, 2.75) is 83.7 Å². The topological polar surface area (TPSA) is 72.8 Å². The zero-order valence-corrected chi connectivity index (χ0v) is 16.2. The number of carbonyl (C=O) groups is 2. The number of aliphatic hydroxyl groups excluding tert-OH is 1. The Kier molecular flexibility index (Phi) is 15.2. The molecular weight excluding hydrogens is 320 g/mol. The van der Waals surface area contributed by atoms with Crippen LogP contribution in [0.4, 0.5) is 0 Å². The lowest BCUT2D eigenvalue weighted by atomic mass is 9.95. The van der Waals surface area contributed by atoms with E-state index >= 15 is 0 Å². The van der Waals surface area contributed by atoms with Crippen LogP contribution in [0.3, 0.4) is 0 Å². The van der Waals surface area contributed by atoms with Crippen molar-refractivity contribution in [1.82, 2.24) is 0 Å². The Bertz CT molecular complexity index is 378. The maximum atomic E-state index is 11.7. The van der Waals surface area contributed by atoms with E-state index in [0.717, 1.165) is 57.8 Å². The van der Waals surface area contributed by atoms with Crippen LogP contribution in [-0.2, 0) is 19.1 Å². The van der Waals surface area contributed by atoms with Gasteiger partial charge < -0.3 is 14.6 Å². The quantitative estimate of drug-likeness (QED) is 0.271. The van der Waals surface area contributed by atoms with Crippen molar-refractivity contribution in [2.24, 2.45) is 5.92 Å². The van der Waals surface area contributed by atoms with Gasteiger partial charge in [-0.3, -0.25) is 9.59 Å². The Hall–Kier alpha value is -1.36. The number of esters is 2. The van der Waals surface area contributed by atoms with Crippen LogP contribution in [0, 0.1) is 5.92 Å². The van der Waals surface area contributed by atoms with Crippen molar-refractivity contribution in [2.75, 3.05) is 14.2 Å². The molecule has 0 heterocycles. The van der Waals surface area contributed by atoms with Crippen molar-refractivity contribution in [1.29, 1.82) is 0 Å². The largest absolute Gasteiger partial charge is 0.469 e. The molecule has 2 atom stereocenters. The summed E-state index contributed by atoms with van der Waals surface area (Å²) in [7, 11) is 2.81. The number of hydrogen-bond acceptors (Lipinski definition) is 5. The third-order valence-corrected chi connectivity index (χ3v) is 4.30. The molecule has 0 aromatic rings. The first-order chi connectivity index (χ1) is 12.0. The third kappa shape index (κ3) is 13.6. The van der Waals surface area contributed by atoms with Gasteiger partial charge in [0.25, 0.3) is 0 Å². The summed E-state index contributed by atoms with van der Waals surface area (Å²) in [6.45, 7) is 2.08. The zero-order valence-electron chi connectivity index (χ0n) is 16.2. The van der Waals surface area contributed by atoms with Crippen molar-refractivity contribution in [3.05, 3.63) is 12.2 Å². The lowest BCUT2D eigenvalue weighted by Gasteiger charge is -2.16. The van der Waals surface area contributed by atoms with Gasteiger partial charge in [-0.25, -0.2) is 0 Å². The van der Waals surface area contributed by atoms with Crippen LogP contribution in [-0.4, -0.2) is 37.4 Å². The van der Waals surface area contributed by atoms with E-state index in [2.05, 4.69) is 11.7 Å². The highest BCUT2D eigenvalue weighted by Gasteiger charge is 2.21. The van der Waals surface area contributed by atoms with Gasteiger partial charge in [0.15, 0.2) is 0 Å². The summed E-state index contributed by atoms with van der Waals surface area (Å²) in [5.74, 6) is -0.589. The van der Waals surface area contributed by atoms with Crippen LogP contribution < -0.4 is 0 Å². The second kappa shape index (κ2) is 16.1. The van der Waals surface area contributed by atoms with Crippen molar-refractivity contribution in [3.8, 4) is 0 Å². The van der Waals surface area contributed by atoms with Crippen LogP contribution in [0.25, 0.3) is 0 Å². The minimum atomic E-state index is -0.596. The van der Waals surface area contributed by atoms with Gasteiger partial charge in [0.1, 0.15) is 0 Å². The van der Waals surface area contributed by atoms with Crippen molar-refractivity contribution < 1.29 is 24.2 Å². The third-order valence-electron chi connectivity index (χ3n) is 4.30. The van der Waals surface area contributed by atoms with E-state index in [1.54, 1.807) is 6.08 Å². The van der Waals surface area contributed by atoms with Crippen LogP contribution >= 0.6 is 0 Å².